The zero-order valence-corrected chi connectivity index (χ0v) is 17.6. The highest BCUT2D eigenvalue weighted by Crippen LogP contribution is 2.33. The van der Waals surface area contributed by atoms with E-state index in [0.717, 1.165) is 0 Å². The summed E-state index contributed by atoms with van der Waals surface area (Å²) in [6.07, 6.45) is -4.09. The van der Waals surface area contributed by atoms with Crippen molar-refractivity contribution in [1.29, 1.82) is 0 Å². The van der Waals surface area contributed by atoms with E-state index in [1.807, 2.05) is 0 Å². The van der Waals surface area contributed by atoms with E-state index in [1.54, 1.807) is 13.8 Å². The predicted molar refractivity (Wildman–Crippen MR) is 107 cm³/mol. The van der Waals surface area contributed by atoms with Crippen LogP contribution in [0.5, 0.6) is 0 Å². The average molecular weight is 467 g/mol. The first kappa shape index (κ1) is 21.9. The van der Waals surface area contributed by atoms with Crippen LogP contribution in [0.4, 0.5) is 5.82 Å². The summed E-state index contributed by atoms with van der Waals surface area (Å²) in [6, 6.07) is 1.45. The standard InChI is InChI=1S/C17H19ClN8O6/c1-3-19-15(30)11-9(27)10(28)16(31-11)26-5-20-8-12(21-17(18)22-13(8)26)23-24-14(29)7-4-6(2)32-25-7/h4-5,9-11,16,27-28H,3H2,1-2H3,(H,19,30)(H,24,29)(H,21,22,23)/t9-,10+,11-,16+/m1/s1. The van der Waals surface area contributed by atoms with Gasteiger partial charge in [-0.1, -0.05) is 5.16 Å². The van der Waals surface area contributed by atoms with Crippen LogP contribution in [0, 0.1) is 6.92 Å². The maximum Gasteiger partial charge on any atom is 0.291 e. The number of aliphatic hydroxyl groups excluding tert-OH is 2. The number of halogens is 1. The number of nitrogens with one attached hydrogen (secondary N) is 3. The maximum atomic E-state index is 12.2. The molecule has 5 N–H and O–H groups in total. The number of fused-ring (bicyclic) bond motifs is 1. The molecule has 0 aliphatic carbocycles. The van der Waals surface area contributed by atoms with E-state index in [0.29, 0.717) is 12.3 Å². The lowest BCUT2D eigenvalue weighted by molar-refractivity contribution is -0.137. The Hall–Kier alpha value is -3.33. The van der Waals surface area contributed by atoms with Gasteiger partial charge in [-0.3, -0.25) is 25.0 Å². The Kier molecular flexibility index (Phi) is 5.92. The van der Waals surface area contributed by atoms with Gasteiger partial charge in [-0.05, 0) is 25.4 Å². The van der Waals surface area contributed by atoms with Crippen molar-refractivity contribution in [2.45, 2.75) is 38.4 Å². The molecule has 3 aromatic heterocycles. The van der Waals surface area contributed by atoms with Crippen molar-refractivity contribution < 1.29 is 29.1 Å². The molecule has 1 aliphatic rings. The van der Waals surface area contributed by atoms with Gasteiger partial charge in [0.1, 0.15) is 18.0 Å². The Bertz CT molecular complexity index is 1170. The zero-order chi connectivity index (χ0) is 23.0. The molecule has 0 bridgehead atoms. The van der Waals surface area contributed by atoms with E-state index in [4.69, 9.17) is 20.9 Å². The topological polar surface area (TPSA) is 190 Å². The van der Waals surface area contributed by atoms with Gasteiger partial charge < -0.3 is 24.8 Å². The second kappa shape index (κ2) is 8.66. The summed E-state index contributed by atoms with van der Waals surface area (Å²) < 4.78 is 11.8. The smallest absolute Gasteiger partial charge is 0.291 e. The molecule has 1 fully saturated rings. The molecule has 4 rings (SSSR count). The van der Waals surface area contributed by atoms with Gasteiger partial charge >= 0.3 is 0 Å². The quantitative estimate of drug-likeness (QED) is 0.228. The number of nitrogens with zero attached hydrogens (tertiary/aromatic N) is 5. The number of hydrazine groups is 1. The fourth-order valence-corrected chi connectivity index (χ4v) is 3.36. The summed E-state index contributed by atoms with van der Waals surface area (Å²) in [7, 11) is 0. The van der Waals surface area contributed by atoms with Gasteiger partial charge in [-0.2, -0.15) is 9.97 Å². The molecule has 1 aliphatic heterocycles. The summed E-state index contributed by atoms with van der Waals surface area (Å²) in [5.41, 5.74) is 5.35. The van der Waals surface area contributed by atoms with Gasteiger partial charge in [0.2, 0.25) is 5.28 Å². The average Bonchev–Trinajstić information content (AvgIpc) is 3.45. The minimum atomic E-state index is -1.47. The molecule has 3 aromatic rings. The SMILES string of the molecule is CCNC(=O)[C@@H]1O[C@H](n2cnc3c(NNC(=O)c4cc(C)on4)nc(Cl)nc32)[C@@H](O)[C@H]1O. The Labute approximate surface area is 184 Å². The van der Waals surface area contributed by atoms with Gasteiger partial charge in [0.05, 0.1) is 6.33 Å². The summed E-state index contributed by atoms with van der Waals surface area (Å²) in [4.78, 5) is 36.6. The third-order valence-corrected chi connectivity index (χ3v) is 4.84. The second-order valence-corrected chi connectivity index (χ2v) is 7.23. The van der Waals surface area contributed by atoms with E-state index in [9.17, 15) is 19.8 Å². The fraction of sp³-hybridized carbons (Fsp3) is 0.412. The van der Waals surface area contributed by atoms with Crippen LogP contribution >= 0.6 is 11.6 Å². The molecular weight excluding hydrogens is 448 g/mol. The van der Waals surface area contributed by atoms with E-state index < -0.39 is 36.4 Å². The predicted octanol–water partition coefficient (Wildman–Crippen LogP) is -0.712. The molecule has 1 saturated heterocycles. The largest absolute Gasteiger partial charge is 0.387 e. The van der Waals surface area contributed by atoms with Gasteiger partial charge in [-0.25, -0.2) is 4.98 Å². The number of anilines is 1. The molecule has 2 amide bonds. The monoisotopic (exact) mass is 466 g/mol. The number of aryl methyl sites for hydroxylation is 1. The highest BCUT2D eigenvalue weighted by Gasteiger charge is 2.47. The van der Waals surface area contributed by atoms with Crippen LogP contribution in [0.25, 0.3) is 11.2 Å². The zero-order valence-electron chi connectivity index (χ0n) is 16.8. The number of likely N-dealkylation sites (N-methyl/N-ethyl adjacent to an activating group) is 1. The Morgan fingerprint density at radius 2 is 2.06 bits per heavy atom. The third-order valence-electron chi connectivity index (χ3n) is 4.67. The number of imidazole rings is 1. The molecule has 4 heterocycles. The Morgan fingerprint density at radius 1 is 1.28 bits per heavy atom. The Morgan fingerprint density at radius 3 is 2.75 bits per heavy atom. The lowest BCUT2D eigenvalue weighted by atomic mass is 10.1. The van der Waals surface area contributed by atoms with Gasteiger partial charge in [-0.15, -0.1) is 0 Å². The van der Waals surface area contributed by atoms with Crippen LogP contribution < -0.4 is 16.2 Å². The van der Waals surface area contributed by atoms with Crippen molar-refractivity contribution in [3.8, 4) is 0 Å². The van der Waals surface area contributed by atoms with Crippen LogP contribution in [-0.2, 0) is 9.53 Å². The molecule has 0 radical (unpaired) electrons. The van der Waals surface area contributed by atoms with Crippen LogP contribution in [0.1, 0.15) is 29.4 Å². The number of aromatic nitrogens is 5. The summed E-state index contributed by atoms with van der Waals surface area (Å²) in [5, 5.41) is 26.7. The first-order valence-corrected chi connectivity index (χ1v) is 9.87. The molecule has 0 unspecified atom stereocenters. The van der Waals surface area contributed by atoms with Crippen molar-refractivity contribution in [2.75, 3.05) is 12.0 Å². The number of hydrogen-bond acceptors (Lipinski definition) is 11. The lowest BCUT2D eigenvalue weighted by Gasteiger charge is -2.16. The van der Waals surface area contributed by atoms with E-state index in [-0.39, 0.29) is 28.0 Å². The molecule has 0 aromatic carbocycles. The van der Waals surface area contributed by atoms with Crippen LogP contribution in [-0.4, -0.2) is 71.6 Å². The molecule has 4 atom stereocenters. The first-order valence-electron chi connectivity index (χ1n) is 9.49. The fourth-order valence-electron chi connectivity index (χ4n) is 3.20. The normalized spacial score (nSPS) is 22.8. The number of rotatable bonds is 6. The molecule has 32 heavy (non-hydrogen) atoms. The molecule has 0 spiro atoms. The lowest BCUT2D eigenvalue weighted by Crippen LogP contribution is -2.42. The van der Waals surface area contributed by atoms with Crippen molar-refractivity contribution in [1.82, 2.24) is 35.4 Å². The highest BCUT2D eigenvalue weighted by atomic mass is 35.5. The summed E-state index contributed by atoms with van der Waals surface area (Å²) >= 11 is 6.02. The number of carbonyl (C=O) groups is 2. The Balaban J connectivity index is 1.59. The number of amides is 2. The van der Waals surface area contributed by atoms with Gasteiger partial charge in [0, 0.05) is 12.6 Å². The van der Waals surface area contributed by atoms with Crippen molar-refractivity contribution in [2.24, 2.45) is 0 Å². The molecule has 170 valence electrons. The highest BCUT2D eigenvalue weighted by molar-refractivity contribution is 6.28. The van der Waals surface area contributed by atoms with Crippen molar-refractivity contribution in [3.63, 3.8) is 0 Å². The number of aliphatic hydroxyl groups is 2. The minimum Gasteiger partial charge on any atom is -0.387 e. The summed E-state index contributed by atoms with van der Waals surface area (Å²) in [5.74, 6) is -0.636. The van der Waals surface area contributed by atoms with Crippen LogP contribution in [0.15, 0.2) is 16.9 Å². The first-order chi connectivity index (χ1) is 15.3. The van der Waals surface area contributed by atoms with Gasteiger partial charge in [0.15, 0.2) is 35.0 Å². The van der Waals surface area contributed by atoms with E-state index in [1.165, 1.54) is 17.0 Å². The third kappa shape index (κ3) is 3.95. The van der Waals surface area contributed by atoms with Crippen LogP contribution in [0.2, 0.25) is 5.28 Å². The maximum absolute atomic E-state index is 12.2. The van der Waals surface area contributed by atoms with Crippen LogP contribution in [0.3, 0.4) is 0 Å². The minimum absolute atomic E-state index is 0.0461. The second-order valence-electron chi connectivity index (χ2n) is 6.89. The molecule has 0 saturated carbocycles. The number of ether oxygens (including phenoxy) is 1. The molecule has 15 heteroatoms. The van der Waals surface area contributed by atoms with E-state index in [2.05, 4.69) is 36.3 Å². The molecule has 14 nitrogen and oxygen atoms in total. The van der Waals surface area contributed by atoms with E-state index >= 15 is 0 Å². The van der Waals surface area contributed by atoms with Gasteiger partial charge in [0.25, 0.3) is 11.8 Å². The molecular formula is C17H19ClN8O6. The number of hydrogen-bond donors (Lipinski definition) is 5. The number of carbonyl (C=O) groups excluding carboxylic acids is 2. The van der Waals surface area contributed by atoms with Crippen molar-refractivity contribution in [3.05, 3.63) is 29.1 Å². The van der Waals surface area contributed by atoms with Crippen molar-refractivity contribution >= 4 is 40.4 Å². The summed E-state index contributed by atoms with van der Waals surface area (Å²) in [6.45, 7) is 3.69.